The lowest BCUT2D eigenvalue weighted by Gasteiger charge is -2.29. The number of aliphatic hydroxyl groups excluding tert-OH is 1. The quantitative estimate of drug-likeness (QED) is 0.829. The summed E-state index contributed by atoms with van der Waals surface area (Å²) in [5.41, 5.74) is -0.0740. The van der Waals surface area contributed by atoms with E-state index in [0.29, 0.717) is 19.4 Å². The maximum atomic E-state index is 12.8. The largest absolute Gasteiger partial charge is 0.465 e. The zero-order valence-corrected chi connectivity index (χ0v) is 13.1. The van der Waals surface area contributed by atoms with E-state index in [1.165, 1.54) is 25.3 Å². The lowest BCUT2D eigenvalue weighted by molar-refractivity contribution is 0.0594. The monoisotopic (exact) mass is 317 g/mol. The third kappa shape index (κ3) is 2.83. The standard InChI is InChI=1S/C13H19NO6S/c1-8-11(13(16)19-3)12(9(2)20-8)21(17,18)14-6-4-5-10(15)7-14/h10,15H,4-7H2,1-3H3/t10-/m0/s1. The minimum absolute atomic E-state index is 0.0204. The molecule has 1 saturated heterocycles. The summed E-state index contributed by atoms with van der Waals surface area (Å²) in [5, 5.41) is 9.67. The van der Waals surface area contributed by atoms with Crippen molar-refractivity contribution in [3.05, 3.63) is 17.1 Å². The number of carbonyl (C=O) groups is 1. The van der Waals surface area contributed by atoms with Crippen LogP contribution >= 0.6 is 0 Å². The number of ether oxygens (including phenoxy) is 1. The van der Waals surface area contributed by atoms with Crippen molar-refractivity contribution < 1.29 is 27.5 Å². The molecule has 118 valence electrons. The van der Waals surface area contributed by atoms with Crippen molar-refractivity contribution in [2.24, 2.45) is 0 Å². The Morgan fingerprint density at radius 1 is 1.38 bits per heavy atom. The maximum absolute atomic E-state index is 12.8. The van der Waals surface area contributed by atoms with Crippen molar-refractivity contribution in [3.63, 3.8) is 0 Å². The molecule has 1 fully saturated rings. The molecule has 0 bridgehead atoms. The fraction of sp³-hybridized carbons (Fsp3) is 0.615. The van der Waals surface area contributed by atoms with Crippen LogP contribution in [-0.2, 0) is 14.8 Å². The van der Waals surface area contributed by atoms with Crippen molar-refractivity contribution in [2.75, 3.05) is 20.2 Å². The molecule has 0 aliphatic carbocycles. The second-order valence-corrected chi connectivity index (χ2v) is 6.94. The van der Waals surface area contributed by atoms with E-state index < -0.39 is 22.1 Å². The SMILES string of the molecule is COC(=O)c1c(C)oc(C)c1S(=O)(=O)N1CCC[C@H](O)C1. The summed E-state index contributed by atoms with van der Waals surface area (Å²) in [5.74, 6) is -0.399. The van der Waals surface area contributed by atoms with Gasteiger partial charge in [0.05, 0.1) is 13.2 Å². The highest BCUT2D eigenvalue weighted by molar-refractivity contribution is 7.89. The number of esters is 1. The minimum Gasteiger partial charge on any atom is -0.465 e. The molecule has 1 aliphatic rings. The summed E-state index contributed by atoms with van der Waals surface area (Å²) in [4.78, 5) is 11.7. The highest BCUT2D eigenvalue weighted by Gasteiger charge is 2.37. The Bertz CT molecular complexity index is 648. The van der Waals surface area contributed by atoms with E-state index >= 15 is 0 Å². The molecule has 0 amide bonds. The number of rotatable bonds is 3. The van der Waals surface area contributed by atoms with Gasteiger partial charge >= 0.3 is 5.97 Å². The van der Waals surface area contributed by atoms with E-state index in [-0.39, 0.29) is 28.5 Å². The molecule has 1 atom stereocenters. The first-order valence-corrected chi connectivity index (χ1v) is 8.09. The zero-order chi connectivity index (χ0) is 15.8. The molecule has 0 saturated carbocycles. The Hall–Kier alpha value is -1.38. The first-order valence-electron chi connectivity index (χ1n) is 6.65. The van der Waals surface area contributed by atoms with Crippen LogP contribution in [0.25, 0.3) is 0 Å². The van der Waals surface area contributed by atoms with Crippen LogP contribution in [0.2, 0.25) is 0 Å². The van der Waals surface area contributed by atoms with Crippen LogP contribution in [0.5, 0.6) is 0 Å². The van der Waals surface area contributed by atoms with Gasteiger partial charge in [0.2, 0.25) is 10.0 Å². The smallest absolute Gasteiger partial charge is 0.342 e. The van der Waals surface area contributed by atoms with Gasteiger partial charge in [-0.05, 0) is 26.7 Å². The van der Waals surface area contributed by atoms with Crippen molar-refractivity contribution in [1.82, 2.24) is 4.31 Å². The second-order valence-electron chi connectivity index (χ2n) is 5.07. The third-order valence-corrected chi connectivity index (χ3v) is 5.57. The molecule has 21 heavy (non-hydrogen) atoms. The van der Waals surface area contributed by atoms with Crippen molar-refractivity contribution in [1.29, 1.82) is 0 Å². The average molecular weight is 317 g/mol. The first-order chi connectivity index (χ1) is 9.78. The predicted octanol–water partition coefficient (Wildman–Crippen LogP) is 0.828. The molecule has 0 radical (unpaired) electrons. The molecular weight excluding hydrogens is 298 g/mol. The Morgan fingerprint density at radius 2 is 2.05 bits per heavy atom. The number of sulfonamides is 1. The lowest BCUT2D eigenvalue weighted by atomic mass is 10.1. The number of hydrogen-bond donors (Lipinski definition) is 1. The van der Waals surface area contributed by atoms with E-state index in [9.17, 15) is 18.3 Å². The van der Waals surface area contributed by atoms with Crippen molar-refractivity contribution in [2.45, 2.75) is 37.7 Å². The summed E-state index contributed by atoms with van der Waals surface area (Å²) in [7, 11) is -2.73. The molecule has 1 aliphatic heterocycles. The van der Waals surface area contributed by atoms with Gasteiger partial charge in [-0.25, -0.2) is 13.2 Å². The van der Waals surface area contributed by atoms with Gasteiger partial charge in [0.1, 0.15) is 22.0 Å². The second kappa shape index (κ2) is 5.78. The van der Waals surface area contributed by atoms with Crippen LogP contribution < -0.4 is 0 Å². The summed E-state index contributed by atoms with van der Waals surface area (Å²) < 4.78 is 36.6. The number of hydrogen-bond acceptors (Lipinski definition) is 6. The van der Waals surface area contributed by atoms with Crippen LogP contribution in [-0.4, -0.2) is 50.1 Å². The number of β-amino-alcohol motifs (C(OH)–C–C–N with tert-alkyl or cyclic N) is 1. The zero-order valence-electron chi connectivity index (χ0n) is 12.2. The Morgan fingerprint density at radius 3 is 2.62 bits per heavy atom. The highest BCUT2D eigenvalue weighted by Crippen LogP contribution is 2.31. The number of furan rings is 1. The van der Waals surface area contributed by atoms with E-state index in [0.717, 1.165) is 0 Å². The number of piperidine rings is 1. The predicted molar refractivity (Wildman–Crippen MR) is 73.5 cm³/mol. The van der Waals surface area contributed by atoms with E-state index in [1.54, 1.807) is 0 Å². The molecule has 2 heterocycles. The molecule has 8 heteroatoms. The molecule has 7 nitrogen and oxygen atoms in total. The first kappa shape index (κ1) is 16.0. The van der Waals surface area contributed by atoms with Crippen LogP contribution in [0.1, 0.15) is 34.7 Å². The number of carbonyl (C=O) groups excluding carboxylic acids is 1. The lowest BCUT2D eigenvalue weighted by Crippen LogP contribution is -2.42. The Kier molecular flexibility index (Phi) is 4.40. The van der Waals surface area contributed by atoms with Crippen molar-refractivity contribution >= 4 is 16.0 Å². The molecule has 1 aromatic rings. The molecular formula is C13H19NO6S. The van der Waals surface area contributed by atoms with E-state index in [2.05, 4.69) is 4.74 Å². The van der Waals surface area contributed by atoms with Gasteiger partial charge in [-0.1, -0.05) is 0 Å². The molecule has 1 N–H and O–H groups in total. The van der Waals surface area contributed by atoms with Gasteiger partial charge in [0, 0.05) is 13.1 Å². The topological polar surface area (TPSA) is 97.0 Å². The fourth-order valence-corrected chi connectivity index (χ4v) is 4.47. The van der Waals surface area contributed by atoms with Gasteiger partial charge in [-0.2, -0.15) is 4.31 Å². The molecule has 1 aromatic heterocycles. The van der Waals surface area contributed by atoms with E-state index in [4.69, 9.17) is 4.42 Å². The number of aryl methyl sites for hydroxylation is 2. The molecule has 0 unspecified atom stereocenters. The van der Waals surface area contributed by atoms with Gasteiger partial charge < -0.3 is 14.3 Å². The van der Waals surface area contributed by atoms with Gasteiger partial charge in [-0.15, -0.1) is 0 Å². The summed E-state index contributed by atoms with van der Waals surface area (Å²) >= 11 is 0. The van der Waals surface area contributed by atoms with Crippen LogP contribution in [0.15, 0.2) is 9.31 Å². The average Bonchev–Trinajstić information content (AvgIpc) is 2.73. The van der Waals surface area contributed by atoms with Crippen molar-refractivity contribution in [3.8, 4) is 0 Å². The molecule has 0 aromatic carbocycles. The Labute approximate surface area is 123 Å². The molecule has 2 rings (SSSR count). The Balaban J connectivity index is 2.52. The van der Waals surface area contributed by atoms with Crippen LogP contribution in [0, 0.1) is 13.8 Å². The summed E-state index contributed by atoms with van der Waals surface area (Å²) in [6, 6.07) is 0. The van der Waals surface area contributed by atoms with E-state index in [1.807, 2.05) is 0 Å². The third-order valence-electron chi connectivity index (χ3n) is 3.55. The number of aliphatic hydroxyl groups is 1. The fourth-order valence-electron chi connectivity index (χ4n) is 2.58. The van der Waals surface area contributed by atoms with Crippen LogP contribution in [0.3, 0.4) is 0 Å². The number of nitrogens with zero attached hydrogens (tertiary/aromatic N) is 1. The molecule has 0 spiro atoms. The highest BCUT2D eigenvalue weighted by atomic mass is 32.2. The van der Waals surface area contributed by atoms with Crippen LogP contribution in [0.4, 0.5) is 0 Å². The van der Waals surface area contributed by atoms with Gasteiger partial charge in [0.15, 0.2) is 0 Å². The van der Waals surface area contributed by atoms with Gasteiger partial charge in [0.25, 0.3) is 0 Å². The summed E-state index contributed by atoms with van der Waals surface area (Å²) in [6.45, 7) is 3.34. The summed E-state index contributed by atoms with van der Waals surface area (Å²) in [6.07, 6.45) is 0.451. The minimum atomic E-state index is -3.91. The number of methoxy groups -OCH3 is 1. The normalized spacial score (nSPS) is 20.5. The van der Waals surface area contributed by atoms with Gasteiger partial charge in [-0.3, -0.25) is 0 Å². The maximum Gasteiger partial charge on any atom is 0.342 e.